The predicted molar refractivity (Wildman–Crippen MR) is 105 cm³/mol. The first-order chi connectivity index (χ1) is 11.0. The van der Waals surface area contributed by atoms with Crippen LogP contribution in [0.25, 0.3) is 0 Å². The number of nitrogens with two attached hydrogens (primary N) is 1. The summed E-state index contributed by atoms with van der Waals surface area (Å²) in [4.78, 5) is 11.8. The number of hydrogen-bond donors (Lipinski definition) is 2. The highest BCUT2D eigenvalue weighted by Crippen LogP contribution is 2.19. The Morgan fingerprint density at radius 2 is 1.92 bits per heavy atom. The van der Waals surface area contributed by atoms with Gasteiger partial charge in [0, 0.05) is 22.5 Å². The molecule has 24 heavy (non-hydrogen) atoms. The Morgan fingerprint density at radius 3 is 2.58 bits per heavy atom. The summed E-state index contributed by atoms with van der Waals surface area (Å²) in [7, 11) is 0. The van der Waals surface area contributed by atoms with E-state index in [1.165, 1.54) is 17.8 Å². The third kappa shape index (κ3) is 7.11. The molecule has 0 unspecified atom stereocenters. The first-order valence-corrected chi connectivity index (χ1v) is 9.12. The SMILES string of the molecule is Cl.Nc1ccc(CCNC(=O)CSCc2ccc(Br)cc2F)cc1. The second-order valence-corrected chi connectivity index (χ2v) is 6.97. The lowest BCUT2D eigenvalue weighted by atomic mass is 10.1. The van der Waals surface area contributed by atoms with Crippen molar-refractivity contribution in [2.75, 3.05) is 18.0 Å². The maximum absolute atomic E-state index is 13.6. The molecule has 2 rings (SSSR count). The van der Waals surface area contributed by atoms with Crippen molar-refractivity contribution in [2.24, 2.45) is 0 Å². The maximum Gasteiger partial charge on any atom is 0.230 e. The number of anilines is 1. The van der Waals surface area contributed by atoms with Crippen molar-refractivity contribution in [1.82, 2.24) is 5.32 Å². The minimum absolute atomic E-state index is 0. The zero-order chi connectivity index (χ0) is 16.7. The van der Waals surface area contributed by atoms with Crippen molar-refractivity contribution < 1.29 is 9.18 Å². The Morgan fingerprint density at radius 1 is 1.21 bits per heavy atom. The number of halogens is 3. The Kier molecular flexibility index (Phi) is 9.18. The quantitative estimate of drug-likeness (QED) is 0.644. The highest BCUT2D eigenvalue weighted by Gasteiger charge is 2.05. The lowest BCUT2D eigenvalue weighted by Gasteiger charge is -2.06. The molecule has 2 aromatic carbocycles. The van der Waals surface area contributed by atoms with Gasteiger partial charge >= 0.3 is 0 Å². The Labute approximate surface area is 160 Å². The molecule has 0 aromatic heterocycles. The van der Waals surface area contributed by atoms with E-state index in [0.29, 0.717) is 28.1 Å². The van der Waals surface area contributed by atoms with Crippen molar-refractivity contribution in [1.29, 1.82) is 0 Å². The number of nitrogen functional groups attached to an aromatic ring is 1. The summed E-state index contributed by atoms with van der Waals surface area (Å²) in [6, 6.07) is 12.6. The molecule has 3 nitrogen and oxygen atoms in total. The van der Waals surface area contributed by atoms with E-state index in [0.717, 1.165) is 17.7 Å². The number of thioether (sulfide) groups is 1. The minimum Gasteiger partial charge on any atom is -0.399 e. The molecule has 3 N–H and O–H groups in total. The van der Waals surface area contributed by atoms with Crippen LogP contribution < -0.4 is 11.1 Å². The molecule has 130 valence electrons. The second-order valence-electron chi connectivity index (χ2n) is 5.07. The van der Waals surface area contributed by atoms with Crippen molar-refractivity contribution >= 4 is 51.7 Å². The summed E-state index contributed by atoms with van der Waals surface area (Å²) in [5.41, 5.74) is 8.09. The summed E-state index contributed by atoms with van der Waals surface area (Å²) in [5.74, 6) is 0.500. The molecule has 1 amide bonds. The van der Waals surface area contributed by atoms with Crippen LogP contribution in [0.5, 0.6) is 0 Å². The van der Waals surface area contributed by atoms with Gasteiger partial charge in [0.05, 0.1) is 5.75 Å². The molecular weight excluding hydrogens is 415 g/mol. The van der Waals surface area contributed by atoms with E-state index in [-0.39, 0.29) is 24.1 Å². The van der Waals surface area contributed by atoms with E-state index < -0.39 is 0 Å². The van der Waals surface area contributed by atoms with Gasteiger partial charge in [-0.2, -0.15) is 0 Å². The van der Waals surface area contributed by atoms with Crippen LogP contribution in [0.3, 0.4) is 0 Å². The normalized spacial score (nSPS) is 10.1. The summed E-state index contributed by atoms with van der Waals surface area (Å²) < 4.78 is 14.4. The topological polar surface area (TPSA) is 55.1 Å². The molecule has 0 radical (unpaired) electrons. The number of hydrogen-bond acceptors (Lipinski definition) is 3. The van der Waals surface area contributed by atoms with Crippen LogP contribution in [0.2, 0.25) is 0 Å². The number of carbonyl (C=O) groups is 1. The number of rotatable bonds is 7. The largest absolute Gasteiger partial charge is 0.399 e. The smallest absolute Gasteiger partial charge is 0.230 e. The van der Waals surface area contributed by atoms with Crippen molar-refractivity contribution in [3.05, 3.63) is 63.9 Å². The van der Waals surface area contributed by atoms with Crippen LogP contribution in [0.4, 0.5) is 10.1 Å². The summed E-state index contributed by atoms with van der Waals surface area (Å²) in [6.45, 7) is 0.579. The standard InChI is InChI=1S/C17H18BrFN2OS.ClH/c18-14-4-3-13(16(19)9-14)10-23-11-17(22)21-8-7-12-1-5-15(20)6-2-12;/h1-6,9H,7-8,10-11,20H2,(H,21,22);1H. The highest BCUT2D eigenvalue weighted by molar-refractivity contribution is 9.10. The monoisotopic (exact) mass is 432 g/mol. The lowest BCUT2D eigenvalue weighted by Crippen LogP contribution is -2.27. The fraction of sp³-hybridized carbons (Fsp3) is 0.235. The summed E-state index contributed by atoms with van der Waals surface area (Å²) in [6.07, 6.45) is 0.762. The van der Waals surface area contributed by atoms with Gasteiger partial charge in [0.25, 0.3) is 0 Å². The molecular formula is C17H19BrClFN2OS. The third-order valence-corrected chi connectivity index (χ3v) is 4.70. The molecule has 7 heteroatoms. The average molecular weight is 434 g/mol. The molecule has 0 atom stereocenters. The summed E-state index contributed by atoms with van der Waals surface area (Å²) in [5, 5.41) is 2.86. The van der Waals surface area contributed by atoms with Gasteiger partial charge < -0.3 is 11.1 Å². The fourth-order valence-corrected chi connectivity index (χ4v) is 3.15. The van der Waals surface area contributed by atoms with Gasteiger partial charge in [0.15, 0.2) is 0 Å². The zero-order valence-corrected chi connectivity index (χ0v) is 16.1. The molecule has 0 saturated carbocycles. The van der Waals surface area contributed by atoms with Gasteiger partial charge in [0.1, 0.15) is 5.82 Å². The van der Waals surface area contributed by atoms with Crippen LogP contribution in [-0.2, 0) is 17.0 Å². The molecule has 0 bridgehead atoms. The highest BCUT2D eigenvalue weighted by atomic mass is 79.9. The molecule has 0 aliphatic carbocycles. The van der Waals surface area contributed by atoms with E-state index >= 15 is 0 Å². The number of benzene rings is 2. The molecule has 0 aliphatic rings. The van der Waals surface area contributed by atoms with Crippen LogP contribution in [0, 0.1) is 5.82 Å². The van der Waals surface area contributed by atoms with E-state index in [1.807, 2.05) is 24.3 Å². The van der Waals surface area contributed by atoms with Gasteiger partial charge in [0.2, 0.25) is 5.91 Å². The van der Waals surface area contributed by atoms with Gasteiger partial charge in [-0.1, -0.05) is 34.1 Å². The van der Waals surface area contributed by atoms with Gasteiger partial charge in [-0.25, -0.2) is 4.39 Å². The Hall–Kier alpha value is -1.24. The zero-order valence-electron chi connectivity index (χ0n) is 12.9. The lowest BCUT2D eigenvalue weighted by molar-refractivity contribution is -0.118. The first kappa shape index (κ1) is 20.8. The maximum atomic E-state index is 13.6. The van der Waals surface area contributed by atoms with Crippen LogP contribution >= 0.6 is 40.1 Å². The van der Waals surface area contributed by atoms with Gasteiger partial charge in [-0.3, -0.25) is 4.79 Å². The molecule has 0 fully saturated rings. The van der Waals surface area contributed by atoms with Crippen LogP contribution in [0.15, 0.2) is 46.9 Å². The average Bonchev–Trinajstić information content (AvgIpc) is 2.51. The molecule has 0 saturated heterocycles. The molecule has 0 aliphatic heterocycles. The molecule has 0 spiro atoms. The van der Waals surface area contributed by atoms with Crippen LogP contribution in [0.1, 0.15) is 11.1 Å². The first-order valence-electron chi connectivity index (χ1n) is 7.17. The Balaban J connectivity index is 0.00000288. The number of amides is 1. The Bertz CT molecular complexity index is 670. The molecule has 2 aromatic rings. The van der Waals surface area contributed by atoms with Crippen molar-refractivity contribution in [3.8, 4) is 0 Å². The third-order valence-electron chi connectivity index (χ3n) is 3.22. The second kappa shape index (κ2) is 10.6. The van der Waals surface area contributed by atoms with E-state index in [2.05, 4.69) is 21.2 Å². The van der Waals surface area contributed by atoms with Crippen molar-refractivity contribution in [3.63, 3.8) is 0 Å². The number of carbonyl (C=O) groups excluding carboxylic acids is 1. The van der Waals surface area contributed by atoms with Gasteiger partial charge in [-0.05, 0) is 41.8 Å². The predicted octanol–water partition coefficient (Wildman–Crippen LogP) is 4.18. The fourth-order valence-electron chi connectivity index (χ4n) is 1.97. The van der Waals surface area contributed by atoms with E-state index in [4.69, 9.17) is 5.73 Å². The summed E-state index contributed by atoms with van der Waals surface area (Å²) >= 11 is 4.62. The van der Waals surface area contributed by atoms with E-state index in [1.54, 1.807) is 12.1 Å². The van der Waals surface area contributed by atoms with Gasteiger partial charge in [-0.15, -0.1) is 24.2 Å². The number of nitrogens with one attached hydrogen (secondary N) is 1. The minimum atomic E-state index is -0.254. The molecule has 0 heterocycles. The van der Waals surface area contributed by atoms with Crippen LogP contribution in [-0.4, -0.2) is 18.2 Å². The van der Waals surface area contributed by atoms with E-state index in [9.17, 15) is 9.18 Å². The van der Waals surface area contributed by atoms with Crippen molar-refractivity contribution in [2.45, 2.75) is 12.2 Å².